The number of imide groups is 1. The number of benzene rings is 2. The van der Waals surface area contributed by atoms with Crippen molar-refractivity contribution in [1.82, 2.24) is 14.9 Å². The Labute approximate surface area is 193 Å². The van der Waals surface area contributed by atoms with E-state index < -0.39 is 41.9 Å². The lowest BCUT2D eigenvalue weighted by Crippen LogP contribution is -2.34. The fourth-order valence-corrected chi connectivity index (χ4v) is 3.47. The number of hydrogen-bond donors (Lipinski definition) is 2. The molecule has 1 unspecified atom stereocenters. The monoisotopic (exact) mass is 460 g/mol. The minimum Gasteiger partial charge on any atom is -0.450 e. The van der Waals surface area contributed by atoms with E-state index in [-0.39, 0.29) is 24.4 Å². The van der Waals surface area contributed by atoms with Crippen molar-refractivity contribution in [2.45, 2.75) is 25.5 Å². The van der Waals surface area contributed by atoms with Gasteiger partial charge in [-0.2, -0.15) is 0 Å². The van der Waals surface area contributed by atoms with Crippen LogP contribution in [-0.2, 0) is 36.9 Å². The molecule has 0 bridgehead atoms. The van der Waals surface area contributed by atoms with Crippen LogP contribution >= 0.6 is 0 Å². The number of rotatable bonds is 7. The van der Waals surface area contributed by atoms with Crippen molar-refractivity contribution < 1.29 is 23.9 Å². The molecule has 1 fully saturated rings. The van der Waals surface area contributed by atoms with Gasteiger partial charge in [-0.25, -0.2) is 4.98 Å². The minimum atomic E-state index is -1.25. The van der Waals surface area contributed by atoms with E-state index in [1.165, 1.54) is 6.20 Å². The molecule has 1 aromatic heterocycles. The number of anilines is 1. The van der Waals surface area contributed by atoms with Gasteiger partial charge in [-0.15, -0.1) is 0 Å². The molecule has 34 heavy (non-hydrogen) atoms. The molecule has 3 amide bonds. The zero-order chi connectivity index (χ0) is 24.1. The molecule has 0 spiro atoms. The van der Waals surface area contributed by atoms with Crippen LogP contribution in [0.5, 0.6) is 0 Å². The summed E-state index contributed by atoms with van der Waals surface area (Å²) < 4.78 is 6.16. The number of ether oxygens (including phenoxy) is 1. The highest BCUT2D eigenvalue weighted by molar-refractivity contribution is 6.05. The third kappa shape index (κ3) is 5.23. The number of aromatic nitrogens is 2. The topological polar surface area (TPSA) is 136 Å². The lowest BCUT2D eigenvalue weighted by molar-refractivity contribution is -0.154. The van der Waals surface area contributed by atoms with E-state index in [4.69, 9.17) is 4.74 Å². The number of nitrogens with one attached hydrogen (secondary N) is 2. The van der Waals surface area contributed by atoms with E-state index in [0.717, 1.165) is 10.1 Å². The first-order valence-electron chi connectivity index (χ1n) is 10.4. The third-order valence-electron chi connectivity index (χ3n) is 5.05. The van der Waals surface area contributed by atoms with Crippen molar-refractivity contribution in [2.75, 3.05) is 5.32 Å². The standard InChI is InChI=1S/C24H20N4O6/c29-19(11-15-7-3-1-4-8-15)26-17-13-25-22(16-9-5-2-6-10-16)28(24(17)33)14-21(31)34-18-12-20(30)27-23(18)32/h1-10,13,18H,11-12,14H2,(H,26,29)(H,27,30,32). The Morgan fingerprint density at radius 1 is 1.03 bits per heavy atom. The van der Waals surface area contributed by atoms with Gasteiger partial charge in [-0.05, 0) is 5.56 Å². The van der Waals surface area contributed by atoms with Crippen molar-refractivity contribution in [1.29, 1.82) is 0 Å². The van der Waals surface area contributed by atoms with Crippen LogP contribution in [-0.4, -0.2) is 39.3 Å². The van der Waals surface area contributed by atoms with Gasteiger partial charge in [-0.3, -0.25) is 33.9 Å². The van der Waals surface area contributed by atoms with Crippen molar-refractivity contribution in [2.24, 2.45) is 0 Å². The van der Waals surface area contributed by atoms with Gasteiger partial charge in [0.2, 0.25) is 11.8 Å². The first-order valence-corrected chi connectivity index (χ1v) is 10.4. The molecule has 0 aliphatic carbocycles. The van der Waals surface area contributed by atoms with E-state index in [0.29, 0.717) is 5.56 Å². The predicted octanol–water partition coefficient (Wildman–Crippen LogP) is 1.05. The second kappa shape index (κ2) is 9.90. The van der Waals surface area contributed by atoms with E-state index in [1.54, 1.807) is 54.6 Å². The molecule has 10 nitrogen and oxygen atoms in total. The van der Waals surface area contributed by atoms with Gasteiger partial charge < -0.3 is 10.1 Å². The Morgan fingerprint density at radius 3 is 2.35 bits per heavy atom. The maximum absolute atomic E-state index is 13.2. The first-order chi connectivity index (χ1) is 16.4. The summed E-state index contributed by atoms with van der Waals surface area (Å²) in [7, 11) is 0. The molecule has 4 rings (SSSR count). The maximum atomic E-state index is 13.2. The van der Waals surface area contributed by atoms with Crippen LogP contribution in [0.4, 0.5) is 5.69 Å². The van der Waals surface area contributed by atoms with Crippen LogP contribution in [0.1, 0.15) is 12.0 Å². The summed E-state index contributed by atoms with van der Waals surface area (Å²) in [4.78, 5) is 65.6. The van der Waals surface area contributed by atoms with Crippen molar-refractivity contribution >= 4 is 29.4 Å². The molecule has 2 heterocycles. The Kier molecular flexibility index (Phi) is 6.58. The molecule has 0 radical (unpaired) electrons. The summed E-state index contributed by atoms with van der Waals surface area (Å²) in [5.41, 5.74) is 0.548. The fraction of sp³-hybridized carbons (Fsp3) is 0.167. The minimum absolute atomic E-state index is 0.0492. The first kappa shape index (κ1) is 22.6. The normalized spacial score (nSPS) is 15.0. The fourth-order valence-electron chi connectivity index (χ4n) is 3.47. The molecule has 2 aromatic carbocycles. The largest absolute Gasteiger partial charge is 0.450 e. The highest BCUT2D eigenvalue weighted by Crippen LogP contribution is 2.17. The van der Waals surface area contributed by atoms with Crippen molar-refractivity contribution in [3.05, 3.63) is 82.8 Å². The molecule has 10 heteroatoms. The highest BCUT2D eigenvalue weighted by Gasteiger charge is 2.34. The van der Waals surface area contributed by atoms with Gasteiger partial charge in [-0.1, -0.05) is 60.7 Å². The van der Waals surface area contributed by atoms with E-state index in [1.807, 2.05) is 6.07 Å². The third-order valence-corrected chi connectivity index (χ3v) is 5.05. The van der Waals surface area contributed by atoms with Crippen molar-refractivity contribution in [3.63, 3.8) is 0 Å². The van der Waals surface area contributed by atoms with Crippen LogP contribution in [0.15, 0.2) is 71.7 Å². The molecule has 1 aliphatic heterocycles. The number of amides is 3. The summed E-state index contributed by atoms with van der Waals surface area (Å²) in [6.45, 7) is -0.573. The van der Waals surface area contributed by atoms with Crippen LogP contribution in [0.2, 0.25) is 0 Å². The van der Waals surface area contributed by atoms with Gasteiger partial charge in [0.05, 0.1) is 19.0 Å². The zero-order valence-corrected chi connectivity index (χ0v) is 17.9. The number of carbonyl (C=O) groups excluding carboxylic acids is 4. The average molecular weight is 460 g/mol. The SMILES string of the molecule is O=C1CC(OC(=O)Cn2c(-c3ccccc3)ncc(NC(=O)Cc3ccccc3)c2=O)C(=O)N1. The summed E-state index contributed by atoms with van der Waals surface area (Å²) >= 11 is 0. The Morgan fingerprint density at radius 2 is 1.71 bits per heavy atom. The number of carbonyl (C=O) groups is 4. The molecular formula is C24H20N4O6. The second-order valence-electron chi connectivity index (χ2n) is 7.56. The maximum Gasteiger partial charge on any atom is 0.326 e. The summed E-state index contributed by atoms with van der Waals surface area (Å²) in [6.07, 6.45) is -0.247. The van der Waals surface area contributed by atoms with Crippen LogP contribution in [0.3, 0.4) is 0 Å². The van der Waals surface area contributed by atoms with Gasteiger partial charge in [0.15, 0.2) is 6.10 Å². The van der Waals surface area contributed by atoms with E-state index in [9.17, 15) is 24.0 Å². The van der Waals surface area contributed by atoms with E-state index in [2.05, 4.69) is 15.6 Å². The molecule has 0 saturated carbocycles. The van der Waals surface area contributed by atoms with Gasteiger partial charge in [0, 0.05) is 5.56 Å². The average Bonchev–Trinajstić information content (AvgIpc) is 3.14. The molecule has 1 atom stereocenters. The molecule has 3 aromatic rings. The van der Waals surface area contributed by atoms with Gasteiger partial charge >= 0.3 is 5.97 Å². The van der Waals surface area contributed by atoms with Gasteiger partial charge in [0.1, 0.15) is 18.1 Å². The van der Waals surface area contributed by atoms with Crippen LogP contribution in [0, 0.1) is 0 Å². The second-order valence-corrected chi connectivity index (χ2v) is 7.56. The molecule has 2 N–H and O–H groups in total. The Bertz CT molecular complexity index is 1300. The number of esters is 1. The summed E-state index contributed by atoms with van der Waals surface area (Å²) in [5.74, 6) is -2.41. The summed E-state index contributed by atoms with van der Waals surface area (Å²) in [5, 5.41) is 4.59. The molecule has 1 aliphatic rings. The Hall–Kier alpha value is -4.60. The van der Waals surface area contributed by atoms with Crippen LogP contribution < -0.4 is 16.2 Å². The molecule has 172 valence electrons. The highest BCUT2D eigenvalue weighted by atomic mass is 16.5. The Balaban J connectivity index is 1.60. The lowest BCUT2D eigenvalue weighted by atomic mass is 10.1. The van der Waals surface area contributed by atoms with Gasteiger partial charge in [0.25, 0.3) is 11.5 Å². The lowest BCUT2D eigenvalue weighted by Gasteiger charge is -2.15. The van der Waals surface area contributed by atoms with Crippen LogP contribution in [0.25, 0.3) is 11.4 Å². The molecular weight excluding hydrogens is 440 g/mol. The number of nitrogens with zero attached hydrogens (tertiary/aromatic N) is 2. The van der Waals surface area contributed by atoms with E-state index >= 15 is 0 Å². The number of hydrogen-bond acceptors (Lipinski definition) is 7. The zero-order valence-electron chi connectivity index (χ0n) is 17.9. The summed E-state index contributed by atoms with van der Waals surface area (Å²) in [6, 6.07) is 17.7. The predicted molar refractivity (Wildman–Crippen MR) is 120 cm³/mol. The smallest absolute Gasteiger partial charge is 0.326 e. The van der Waals surface area contributed by atoms with Crippen molar-refractivity contribution in [3.8, 4) is 11.4 Å². The quantitative estimate of drug-likeness (QED) is 0.397. The molecule has 1 saturated heterocycles.